The molecule has 0 amide bonds. The summed E-state index contributed by atoms with van der Waals surface area (Å²) in [5.74, 6) is 0. The molecule has 1 saturated heterocycles. The molecule has 4 nitrogen and oxygen atoms in total. The van der Waals surface area contributed by atoms with Crippen molar-refractivity contribution < 1.29 is 0 Å². The summed E-state index contributed by atoms with van der Waals surface area (Å²) in [6.07, 6.45) is 4.35. The SMILES string of the molecule is CNc1sc(N(C)C2CC(C)(C)NC(C)(C)C2)nc1SC. The number of aromatic nitrogens is 1. The van der Waals surface area contributed by atoms with E-state index in [1.54, 1.807) is 23.1 Å². The number of thioether (sulfide) groups is 1. The highest BCUT2D eigenvalue weighted by atomic mass is 32.2. The molecule has 0 aliphatic carbocycles. The van der Waals surface area contributed by atoms with E-state index in [-0.39, 0.29) is 11.1 Å². The van der Waals surface area contributed by atoms with E-state index < -0.39 is 0 Å². The molecule has 2 rings (SSSR count). The molecule has 6 heteroatoms. The molecule has 0 saturated carbocycles. The first-order valence-corrected chi connectivity index (χ1v) is 9.46. The van der Waals surface area contributed by atoms with Crippen LogP contribution in [0.3, 0.4) is 0 Å². The zero-order valence-electron chi connectivity index (χ0n) is 14.2. The van der Waals surface area contributed by atoms with Gasteiger partial charge in [-0.15, -0.1) is 11.8 Å². The molecule has 21 heavy (non-hydrogen) atoms. The second kappa shape index (κ2) is 5.97. The van der Waals surface area contributed by atoms with Crippen LogP contribution in [0.5, 0.6) is 0 Å². The predicted octanol–water partition coefficient (Wildman–Crippen LogP) is 3.65. The van der Waals surface area contributed by atoms with Crippen molar-refractivity contribution in [2.24, 2.45) is 0 Å². The number of rotatable bonds is 4. The Morgan fingerprint density at radius 2 is 1.86 bits per heavy atom. The van der Waals surface area contributed by atoms with Crippen molar-refractivity contribution in [1.82, 2.24) is 10.3 Å². The molecule has 1 fully saturated rings. The first kappa shape index (κ1) is 16.9. The second-order valence-electron chi connectivity index (χ2n) is 7.15. The molecule has 0 spiro atoms. The summed E-state index contributed by atoms with van der Waals surface area (Å²) in [6, 6.07) is 0.516. The first-order chi connectivity index (χ1) is 9.67. The van der Waals surface area contributed by atoms with Crippen LogP contribution in [-0.2, 0) is 0 Å². The van der Waals surface area contributed by atoms with Crippen LogP contribution < -0.4 is 15.5 Å². The summed E-state index contributed by atoms with van der Waals surface area (Å²) in [4.78, 5) is 7.17. The molecule has 1 aliphatic rings. The van der Waals surface area contributed by atoms with Crippen LogP contribution in [0, 0.1) is 0 Å². The van der Waals surface area contributed by atoms with Crippen molar-refractivity contribution in [2.75, 3.05) is 30.6 Å². The molecule has 2 heterocycles. The molecule has 1 aromatic rings. The van der Waals surface area contributed by atoms with Gasteiger partial charge in [0.05, 0.1) is 0 Å². The minimum absolute atomic E-state index is 0.159. The largest absolute Gasteiger partial charge is 0.378 e. The number of piperidine rings is 1. The molecule has 1 aliphatic heterocycles. The van der Waals surface area contributed by atoms with Crippen LogP contribution in [0.4, 0.5) is 10.1 Å². The lowest BCUT2D eigenvalue weighted by Crippen LogP contribution is -2.61. The summed E-state index contributed by atoms with van der Waals surface area (Å²) >= 11 is 3.45. The highest BCUT2D eigenvalue weighted by Gasteiger charge is 2.39. The smallest absolute Gasteiger partial charge is 0.188 e. The summed E-state index contributed by atoms with van der Waals surface area (Å²) in [6.45, 7) is 9.18. The van der Waals surface area contributed by atoms with E-state index in [2.05, 4.69) is 56.5 Å². The van der Waals surface area contributed by atoms with Gasteiger partial charge in [0.1, 0.15) is 10.0 Å². The van der Waals surface area contributed by atoms with E-state index in [4.69, 9.17) is 4.98 Å². The lowest BCUT2D eigenvalue weighted by Gasteiger charge is -2.48. The molecule has 2 N–H and O–H groups in total. The number of nitrogens with zero attached hydrogens (tertiary/aromatic N) is 2. The van der Waals surface area contributed by atoms with Crippen LogP contribution in [-0.4, -0.2) is 42.5 Å². The van der Waals surface area contributed by atoms with Crippen molar-refractivity contribution in [1.29, 1.82) is 0 Å². The fraction of sp³-hybridized carbons (Fsp3) is 0.800. The Labute approximate surface area is 137 Å². The van der Waals surface area contributed by atoms with E-state index in [0.717, 1.165) is 28.0 Å². The van der Waals surface area contributed by atoms with Crippen LogP contribution in [0.1, 0.15) is 40.5 Å². The van der Waals surface area contributed by atoms with Crippen LogP contribution in [0.15, 0.2) is 5.03 Å². The normalized spacial score (nSPS) is 21.3. The number of anilines is 2. The van der Waals surface area contributed by atoms with E-state index in [1.807, 2.05) is 7.05 Å². The molecular weight excluding hydrogens is 300 g/mol. The maximum atomic E-state index is 4.79. The summed E-state index contributed by atoms with van der Waals surface area (Å²) in [5, 5.41) is 10.4. The zero-order valence-corrected chi connectivity index (χ0v) is 15.8. The molecule has 0 atom stereocenters. The van der Waals surface area contributed by atoms with Gasteiger partial charge in [-0.3, -0.25) is 0 Å². The minimum atomic E-state index is 0.159. The van der Waals surface area contributed by atoms with Gasteiger partial charge in [-0.2, -0.15) is 0 Å². The average molecular weight is 329 g/mol. The summed E-state index contributed by atoms with van der Waals surface area (Å²) < 4.78 is 0. The minimum Gasteiger partial charge on any atom is -0.378 e. The van der Waals surface area contributed by atoms with Crippen molar-refractivity contribution in [2.45, 2.75) is 62.7 Å². The monoisotopic (exact) mass is 328 g/mol. The summed E-state index contributed by atoms with van der Waals surface area (Å²) in [7, 11) is 4.15. The topological polar surface area (TPSA) is 40.2 Å². The lowest BCUT2D eigenvalue weighted by molar-refractivity contribution is 0.161. The Bertz CT molecular complexity index is 458. The van der Waals surface area contributed by atoms with Gasteiger partial charge in [0.2, 0.25) is 0 Å². The Hall–Kier alpha value is -0.460. The molecule has 120 valence electrons. The highest BCUT2D eigenvalue weighted by Crippen LogP contribution is 2.39. The maximum absolute atomic E-state index is 4.79. The maximum Gasteiger partial charge on any atom is 0.188 e. The number of thiazole rings is 1. The van der Waals surface area contributed by atoms with Gasteiger partial charge in [0, 0.05) is 31.2 Å². The molecule has 0 aromatic carbocycles. The highest BCUT2D eigenvalue weighted by molar-refractivity contribution is 7.98. The van der Waals surface area contributed by atoms with Crippen LogP contribution in [0.25, 0.3) is 0 Å². The van der Waals surface area contributed by atoms with Crippen LogP contribution >= 0.6 is 23.1 Å². The Kier molecular flexibility index (Phi) is 4.81. The molecule has 0 bridgehead atoms. The van der Waals surface area contributed by atoms with E-state index in [0.29, 0.717) is 6.04 Å². The Morgan fingerprint density at radius 1 is 1.29 bits per heavy atom. The number of hydrogen-bond donors (Lipinski definition) is 2. The third kappa shape index (κ3) is 3.85. The van der Waals surface area contributed by atoms with Crippen molar-refractivity contribution in [3.05, 3.63) is 0 Å². The third-order valence-corrected chi connectivity index (χ3v) is 6.00. The van der Waals surface area contributed by atoms with Gasteiger partial charge in [0.15, 0.2) is 5.13 Å². The predicted molar refractivity (Wildman–Crippen MR) is 96.2 cm³/mol. The summed E-state index contributed by atoms with van der Waals surface area (Å²) in [5.41, 5.74) is 0.318. The fourth-order valence-electron chi connectivity index (χ4n) is 3.44. The van der Waals surface area contributed by atoms with Crippen LogP contribution in [0.2, 0.25) is 0 Å². The lowest BCUT2D eigenvalue weighted by atomic mass is 9.79. The van der Waals surface area contributed by atoms with Gasteiger partial charge < -0.3 is 15.5 Å². The van der Waals surface area contributed by atoms with Gasteiger partial charge in [-0.1, -0.05) is 11.3 Å². The van der Waals surface area contributed by atoms with Crippen molar-refractivity contribution in [3.63, 3.8) is 0 Å². The van der Waals surface area contributed by atoms with Gasteiger partial charge in [-0.25, -0.2) is 4.98 Å². The molecular formula is C15H28N4S2. The van der Waals surface area contributed by atoms with Gasteiger partial charge in [0.25, 0.3) is 0 Å². The number of hydrogen-bond acceptors (Lipinski definition) is 6. The van der Waals surface area contributed by atoms with E-state index in [9.17, 15) is 0 Å². The van der Waals surface area contributed by atoms with Crippen molar-refractivity contribution >= 4 is 33.2 Å². The van der Waals surface area contributed by atoms with E-state index in [1.165, 1.54) is 0 Å². The van der Waals surface area contributed by atoms with Gasteiger partial charge >= 0.3 is 0 Å². The third-order valence-electron chi connectivity index (χ3n) is 4.02. The second-order valence-corrected chi connectivity index (χ2v) is 8.92. The molecule has 0 radical (unpaired) electrons. The average Bonchev–Trinajstić information content (AvgIpc) is 2.77. The molecule has 0 unspecified atom stereocenters. The Balaban J connectivity index is 2.22. The molecule has 1 aromatic heterocycles. The van der Waals surface area contributed by atoms with Gasteiger partial charge in [-0.05, 0) is 46.8 Å². The van der Waals surface area contributed by atoms with E-state index >= 15 is 0 Å². The fourth-order valence-corrected chi connectivity index (χ4v) is 5.19. The first-order valence-electron chi connectivity index (χ1n) is 7.42. The van der Waals surface area contributed by atoms with Crippen molar-refractivity contribution in [3.8, 4) is 0 Å². The number of nitrogens with one attached hydrogen (secondary N) is 2. The zero-order chi connectivity index (χ0) is 15.8. The Morgan fingerprint density at radius 3 is 2.29 bits per heavy atom. The standard InChI is InChI=1S/C15H28N4S2/c1-14(2)8-10(9-15(3,4)18-14)19(6)13-17-12(20-7)11(16-5)21-13/h10,16,18H,8-9H2,1-7H3. The quantitative estimate of drug-likeness (QED) is 0.826.